The number of hydrogen-bond donors (Lipinski definition) is 1. The lowest BCUT2D eigenvalue weighted by atomic mass is 9.96. The van der Waals surface area contributed by atoms with Gasteiger partial charge in [-0.05, 0) is 50.9 Å². The van der Waals surface area contributed by atoms with Crippen LogP contribution in [-0.2, 0) is 14.8 Å². The van der Waals surface area contributed by atoms with Crippen LogP contribution in [0.3, 0.4) is 0 Å². The minimum Gasteiger partial charge on any atom is -0.324 e. The van der Waals surface area contributed by atoms with Crippen molar-refractivity contribution in [3.8, 4) is 0 Å². The quantitative estimate of drug-likeness (QED) is 0.806. The number of amides is 1. The Morgan fingerprint density at radius 2 is 1.70 bits per heavy atom. The molecule has 0 unspecified atom stereocenters. The summed E-state index contributed by atoms with van der Waals surface area (Å²) in [6, 6.07) is 6.78. The number of nitrogens with zero attached hydrogens (tertiary/aromatic N) is 2. The molecule has 1 aromatic rings. The van der Waals surface area contributed by atoms with Crippen LogP contribution in [0.4, 0.5) is 5.69 Å². The molecule has 2 aliphatic rings. The smallest absolute Gasteiger partial charge is 0.245 e. The fraction of sp³-hybridized carbons (Fsp3) is 0.650. The molecular formula is C20H31N3O3S. The van der Waals surface area contributed by atoms with Crippen LogP contribution in [0, 0.1) is 0 Å². The van der Waals surface area contributed by atoms with Crippen LogP contribution in [0.5, 0.6) is 0 Å². The molecule has 6 nitrogen and oxygen atoms in total. The first-order valence-corrected chi connectivity index (χ1v) is 11.5. The second-order valence-electron chi connectivity index (χ2n) is 7.69. The molecule has 0 aromatic heterocycles. The normalized spacial score (nSPS) is 19.9. The zero-order valence-electron chi connectivity index (χ0n) is 16.2. The van der Waals surface area contributed by atoms with Crippen molar-refractivity contribution in [1.29, 1.82) is 0 Å². The summed E-state index contributed by atoms with van der Waals surface area (Å²) in [5, 5.41) is 2.84. The molecule has 1 aliphatic carbocycles. The molecule has 1 amide bonds. The molecule has 1 saturated carbocycles. The Bertz CT molecular complexity index is 739. The number of likely N-dealkylation sites (tertiary alicyclic amines) is 1. The van der Waals surface area contributed by atoms with Gasteiger partial charge in [-0.15, -0.1) is 0 Å². The van der Waals surface area contributed by atoms with Crippen LogP contribution in [0.2, 0.25) is 0 Å². The molecule has 27 heavy (non-hydrogen) atoms. The number of benzene rings is 1. The Morgan fingerprint density at radius 1 is 1.07 bits per heavy atom. The van der Waals surface area contributed by atoms with Crippen LogP contribution in [-0.4, -0.2) is 56.3 Å². The molecule has 150 valence electrons. The van der Waals surface area contributed by atoms with Crippen molar-refractivity contribution in [2.45, 2.75) is 62.3 Å². The van der Waals surface area contributed by atoms with Gasteiger partial charge < -0.3 is 5.32 Å². The van der Waals surface area contributed by atoms with Gasteiger partial charge >= 0.3 is 0 Å². The number of carbonyl (C=O) groups is 1. The third kappa shape index (κ3) is 5.09. The number of anilines is 1. The molecule has 0 spiro atoms. The standard InChI is InChI=1S/C20H31N3O3S/c1-22(17-10-4-2-5-11-17)27(25,26)19-13-7-6-12-18(19)21-20(24)16-23-14-8-3-9-15-23/h6-7,12-13,17H,2-5,8-11,14-16H2,1H3,(H,21,24). The van der Waals surface area contributed by atoms with Crippen LogP contribution in [0.1, 0.15) is 51.4 Å². The number of para-hydroxylation sites is 1. The maximum Gasteiger partial charge on any atom is 0.245 e. The molecule has 0 radical (unpaired) electrons. The van der Waals surface area contributed by atoms with E-state index in [1.54, 1.807) is 31.3 Å². The van der Waals surface area contributed by atoms with Crippen molar-refractivity contribution in [3.05, 3.63) is 24.3 Å². The lowest BCUT2D eigenvalue weighted by molar-refractivity contribution is -0.117. The predicted octanol–water partition coefficient (Wildman–Crippen LogP) is 3.06. The number of carbonyl (C=O) groups excluding carboxylic acids is 1. The average molecular weight is 394 g/mol. The Balaban J connectivity index is 1.73. The summed E-state index contributed by atoms with van der Waals surface area (Å²) in [5.74, 6) is -0.153. The molecule has 7 heteroatoms. The van der Waals surface area contributed by atoms with Gasteiger partial charge in [0.05, 0.1) is 12.2 Å². The number of hydrogen-bond acceptors (Lipinski definition) is 4. The summed E-state index contributed by atoms with van der Waals surface area (Å²) in [5.41, 5.74) is 0.377. The maximum absolute atomic E-state index is 13.2. The van der Waals surface area contributed by atoms with Gasteiger partial charge in [0.1, 0.15) is 4.90 Å². The topological polar surface area (TPSA) is 69.7 Å². The van der Waals surface area contributed by atoms with E-state index >= 15 is 0 Å². The average Bonchev–Trinajstić information content (AvgIpc) is 2.69. The van der Waals surface area contributed by atoms with Crippen molar-refractivity contribution < 1.29 is 13.2 Å². The molecule has 1 aliphatic heterocycles. The van der Waals surface area contributed by atoms with Crippen LogP contribution in [0.25, 0.3) is 0 Å². The third-order valence-corrected chi connectivity index (χ3v) is 7.69. The van der Waals surface area contributed by atoms with E-state index in [4.69, 9.17) is 0 Å². The predicted molar refractivity (Wildman–Crippen MR) is 107 cm³/mol. The zero-order chi connectivity index (χ0) is 19.3. The summed E-state index contributed by atoms with van der Waals surface area (Å²) in [7, 11) is -1.98. The van der Waals surface area contributed by atoms with E-state index < -0.39 is 10.0 Å². The Labute approximate surface area is 163 Å². The first kappa shape index (κ1) is 20.3. The van der Waals surface area contributed by atoms with Gasteiger partial charge in [0, 0.05) is 13.1 Å². The molecule has 2 fully saturated rings. The van der Waals surface area contributed by atoms with Crippen LogP contribution < -0.4 is 5.32 Å². The maximum atomic E-state index is 13.2. The fourth-order valence-electron chi connectivity index (χ4n) is 4.10. The van der Waals surface area contributed by atoms with Crippen LogP contribution in [0.15, 0.2) is 29.2 Å². The highest BCUT2D eigenvalue weighted by atomic mass is 32.2. The molecule has 0 bridgehead atoms. The molecule has 0 atom stereocenters. The highest BCUT2D eigenvalue weighted by Gasteiger charge is 2.31. The number of sulfonamides is 1. The number of nitrogens with one attached hydrogen (secondary N) is 1. The van der Waals surface area contributed by atoms with Crippen molar-refractivity contribution in [2.24, 2.45) is 0 Å². The van der Waals surface area contributed by atoms with Crippen molar-refractivity contribution in [1.82, 2.24) is 9.21 Å². The molecule has 1 saturated heterocycles. The van der Waals surface area contributed by atoms with Gasteiger partial charge in [-0.3, -0.25) is 9.69 Å². The number of rotatable bonds is 6. The van der Waals surface area contributed by atoms with Crippen molar-refractivity contribution in [3.63, 3.8) is 0 Å². The molecule has 1 N–H and O–H groups in total. The van der Waals surface area contributed by atoms with E-state index in [-0.39, 0.29) is 16.8 Å². The first-order valence-electron chi connectivity index (χ1n) is 10.1. The molecule has 1 aromatic carbocycles. The largest absolute Gasteiger partial charge is 0.324 e. The Kier molecular flexibility index (Phi) is 6.89. The van der Waals surface area contributed by atoms with E-state index in [9.17, 15) is 13.2 Å². The van der Waals surface area contributed by atoms with E-state index in [1.165, 1.54) is 17.1 Å². The lowest BCUT2D eigenvalue weighted by Crippen LogP contribution is -2.39. The van der Waals surface area contributed by atoms with E-state index in [0.29, 0.717) is 12.2 Å². The third-order valence-electron chi connectivity index (χ3n) is 5.72. The summed E-state index contributed by atoms with van der Waals surface area (Å²) >= 11 is 0. The van der Waals surface area contributed by atoms with Crippen molar-refractivity contribution >= 4 is 21.6 Å². The minimum absolute atomic E-state index is 0.0425. The van der Waals surface area contributed by atoms with Gasteiger partial charge in [-0.2, -0.15) is 4.31 Å². The molecular weight excluding hydrogens is 362 g/mol. The SMILES string of the molecule is CN(C1CCCCC1)S(=O)(=O)c1ccccc1NC(=O)CN1CCCCC1. The second kappa shape index (κ2) is 9.17. The highest BCUT2D eigenvalue weighted by molar-refractivity contribution is 7.89. The van der Waals surface area contributed by atoms with Crippen LogP contribution >= 0.6 is 0 Å². The van der Waals surface area contributed by atoms with Gasteiger partial charge in [0.2, 0.25) is 15.9 Å². The van der Waals surface area contributed by atoms with Gasteiger partial charge in [0.15, 0.2) is 0 Å². The van der Waals surface area contributed by atoms with E-state index in [0.717, 1.165) is 51.6 Å². The lowest BCUT2D eigenvalue weighted by Gasteiger charge is -2.31. The first-order chi connectivity index (χ1) is 13.0. The second-order valence-corrected chi connectivity index (χ2v) is 9.66. The molecule has 3 rings (SSSR count). The summed E-state index contributed by atoms with van der Waals surface area (Å²) < 4.78 is 27.9. The van der Waals surface area contributed by atoms with E-state index in [1.807, 2.05) is 0 Å². The highest BCUT2D eigenvalue weighted by Crippen LogP contribution is 2.29. The monoisotopic (exact) mass is 393 g/mol. The fourth-order valence-corrected chi connectivity index (χ4v) is 5.66. The van der Waals surface area contributed by atoms with E-state index in [2.05, 4.69) is 10.2 Å². The van der Waals surface area contributed by atoms with Gasteiger partial charge in [-0.1, -0.05) is 37.8 Å². The Morgan fingerprint density at radius 3 is 2.41 bits per heavy atom. The Hall–Kier alpha value is -1.44. The number of piperidine rings is 1. The minimum atomic E-state index is -3.64. The van der Waals surface area contributed by atoms with Gasteiger partial charge in [0.25, 0.3) is 0 Å². The molecule has 1 heterocycles. The van der Waals surface area contributed by atoms with Crippen molar-refractivity contribution in [2.75, 3.05) is 32.0 Å². The zero-order valence-corrected chi connectivity index (χ0v) is 17.0. The summed E-state index contributed by atoms with van der Waals surface area (Å²) in [6.45, 7) is 2.17. The summed E-state index contributed by atoms with van der Waals surface area (Å²) in [4.78, 5) is 14.8. The van der Waals surface area contributed by atoms with Gasteiger partial charge in [-0.25, -0.2) is 8.42 Å². The summed E-state index contributed by atoms with van der Waals surface area (Å²) in [6.07, 6.45) is 8.56.